The monoisotopic (exact) mass is 253 g/mol. The molecular weight excluding hydrogens is 235 g/mol. The lowest BCUT2D eigenvalue weighted by molar-refractivity contribution is -0.196. The second-order valence-electron chi connectivity index (χ2n) is 4.50. The van der Waals surface area contributed by atoms with Crippen LogP contribution < -0.4 is 0 Å². The first-order valence-corrected chi connectivity index (χ1v) is 5.93. The van der Waals surface area contributed by atoms with Crippen molar-refractivity contribution in [2.75, 3.05) is 19.6 Å². The minimum atomic E-state index is -4.66. The lowest BCUT2D eigenvalue weighted by Gasteiger charge is -2.28. The van der Waals surface area contributed by atoms with Crippen molar-refractivity contribution in [1.29, 1.82) is 0 Å². The lowest BCUT2D eigenvalue weighted by Crippen LogP contribution is -2.42. The third-order valence-corrected chi connectivity index (χ3v) is 3.08. The Kier molecular flexibility index (Phi) is 5.24. The molecule has 6 heteroatoms. The van der Waals surface area contributed by atoms with Gasteiger partial charge in [0.2, 0.25) is 0 Å². The molecule has 0 spiro atoms. The van der Waals surface area contributed by atoms with Gasteiger partial charge in [0.25, 0.3) is 0 Å². The number of likely N-dealkylation sites (tertiary alicyclic amines) is 1. The minimum Gasteiger partial charge on any atom is -0.481 e. The van der Waals surface area contributed by atoms with Crippen LogP contribution in [0.5, 0.6) is 0 Å². The number of carboxylic acid groups (broad SMARTS) is 1. The van der Waals surface area contributed by atoms with Gasteiger partial charge in [0, 0.05) is 6.54 Å². The van der Waals surface area contributed by atoms with Gasteiger partial charge in [-0.2, -0.15) is 13.2 Å². The highest BCUT2D eigenvalue weighted by molar-refractivity contribution is 5.71. The van der Waals surface area contributed by atoms with Crippen LogP contribution >= 0.6 is 0 Å². The quantitative estimate of drug-likeness (QED) is 0.840. The summed E-state index contributed by atoms with van der Waals surface area (Å²) in [6.45, 7) is 0.721. The Morgan fingerprint density at radius 1 is 1.12 bits per heavy atom. The maximum absolute atomic E-state index is 12.5. The summed E-state index contributed by atoms with van der Waals surface area (Å²) in [6.07, 6.45) is 0.193. The fourth-order valence-corrected chi connectivity index (χ4v) is 2.08. The predicted molar refractivity (Wildman–Crippen MR) is 56.7 cm³/mol. The molecule has 0 amide bonds. The number of rotatable bonds is 3. The van der Waals surface area contributed by atoms with Crippen molar-refractivity contribution in [1.82, 2.24) is 4.90 Å². The molecule has 100 valence electrons. The number of halogens is 3. The van der Waals surface area contributed by atoms with Crippen LogP contribution in [0.15, 0.2) is 0 Å². The van der Waals surface area contributed by atoms with Crippen molar-refractivity contribution in [3.8, 4) is 0 Å². The van der Waals surface area contributed by atoms with Gasteiger partial charge >= 0.3 is 12.1 Å². The van der Waals surface area contributed by atoms with E-state index in [1.807, 2.05) is 0 Å². The largest absolute Gasteiger partial charge is 0.481 e. The van der Waals surface area contributed by atoms with Crippen LogP contribution in [-0.4, -0.2) is 41.8 Å². The molecule has 17 heavy (non-hydrogen) atoms. The summed E-state index contributed by atoms with van der Waals surface area (Å²) in [6, 6.07) is 0. The summed E-state index contributed by atoms with van der Waals surface area (Å²) in [5.41, 5.74) is 0. The molecule has 0 aromatic rings. The molecule has 3 nitrogen and oxygen atoms in total. The first-order valence-electron chi connectivity index (χ1n) is 5.93. The van der Waals surface area contributed by atoms with E-state index in [0.29, 0.717) is 13.1 Å². The van der Waals surface area contributed by atoms with E-state index in [1.165, 1.54) is 0 Å². The molecule has 0 aromatic heterocycles. The number of aliphatic carboxylic acids is 1. The Balaban J connectivity index is 2.55. The van der Waals surface area contributed by atoms with Gasteiger partial charge < -0.3 is 10.0 Å². The van der Waals surface area contributed by atoms with Crippen molar-refractivity contribution in [3.63, 3.8) is 0 Å². The first kappa shape index (κ1) is 14.3. The molecule has 0 saturated carbocycles. The zero-order chi connectivity index (χ0) is 12.9. The Morgan fingerprint density at radius 3 is 2.00 bits per heavy atom. The highest BCUT2D eigenvalue weighted by Crippen LogP contribution is 2.27. The third-order valence-electron chi connectivity index (χ3n) is 3.08. The van der Waals surface area contributed by atoms with Gasteiger partial charge in [0.1, 0.15) is 0 Å². The van der Waals surface area contributed by atoms with E-state index in [9.17, 15) is 18.0 Å². The number of alkyl halides is 3. The summed E-state index contributed by atoms with van der Waals surface area (Å²) in [4.78, 5) is 12.3. The Hall–Kier alpha value is -0.780. The molecule has 1 N–H and O–H groups in total. The molecule has 0 bridgehead atoms. The molecular formula is C11H18F3NO2. The summed E-state index contributed by atoms with van der Waals surface area (Å²) in [5.74, 6) is -4.04. The van der Waals surface area contributed by atoms with E-state index in [-0.39, 0.29) is 0 Å². The molecule has 1 aliphatic heterocycles. The fraction of sp³-hybridized carbons (Fsp3) is 0.909. The SMILES string of the molecule is O=C(O)C(CN1CCCCCCC1)C(F)(F)F. The minimum absolute atomic E-state index is 0.418. The first-order chi connectivity index (χ1) is 7.91. The Morgan fingerprint density at radius 2 is 1.59 bits per heavy atom. The average molecular weight is 253 g/mol. The Labute approximate surface area is 98.6 Å². The summed E-state index contributed by atoms with van der Waals surface area (Å²) >= 11 is 0. The van der Waals surface area contributed by atoms with Gasteiger partial charge in [-0.25, -0.2) is 0 Å². The van der Waals surface area contributed by atoms with Gasteiger partial charge in [0.05, 0.1) is 0 Å². The smallest absolute Gasteiger partial charge is 0.403 e. The zero-order valence-corrected chi connectivity index (χ0v) is 9.67. The lowest BCUT2D eigenvalue weighted by atomic mass is 10.1. The van der Waals surface area contributed by atoms with E-state index < -0.39 is 24.6 Å². The van der Waals surface area contributed by atoms with Crippen LogP contribution in [0.4, 0.5) is 13.2 Å². The highest BCUT2D eigenvalue weighted by Gasteiger charge is 2.45. The van der Waals surface area contributed by atoms with Gasteiger partial charge in [-0.15, -0.1) is 0 Å². The predicted octanol–water partition coefficient (Wildman–Crippen LogP) is 2.52. The summed E-state index contributed by atoms with van der Waals surface area (Å²) in [5, 5.41) is 8.62. The summed E-state index contributed by atoms with van der Waals surface area (Å²) < 4.78 is 37.5. The third kappa shape index (κ3) is 4.93. The van der Waals surface area contributed by atoms with Crippen LogP contribution in [0.25, 0.3) is 0 Å². The van der Waals surface area contributed by atoms with Crippen LogP contribution in [0.1, 0.15) is 32.1 Å². The number of hydrogen-bond donors (Lipinski definition) is 1. The highest BCUT2D eigenvalue weighted by atomic mass is 19.4. The van der Waals surface area contributed by atoms with Gasteiger partial charge in [-0.3, -0.25) is 4.79 Å². The van der Waals surface area contributed by atoms with Crippen molar-refractivity contribution in [3.05, 3.63) is 0 Å². The van der Waals surface area contributed by atoms with Crippen molar-refractivity contribution in [2.24, 2.45) is 5.92 Å². The van der Waals surface area contributed by atoms with E-state index >= 15 is 0 Å². The molecule has 1 saturated heterocycles. The fourth-order valence-electron chi connectivity index (χ4n) is 2.08. The van der Waals surface area contributed by atoms with E-state index in [2.05, 4.69) is 0 Å². The second-order valence-corrected chi connectivity index (χ2v) is 4.50. The Bertz CT molecular complexity index is 248. The maximum atomic E-state index is 12.5. The molecule has 1 rings (SSSR count). The normalized spacial score (nSPS) is 21.6. The van der Waals surface area contributed by atoms with E-state index in [4.69, 9.17) is 5.11 Å². The zero-order valence-electron chi connectivity index (χ0n) is 9.67. The molecule has 1 unspecified atom stereocenters. The van der Waals surface area contributed by atoms with Crippen molar-refractivity contribution in [2.45, 2.75) is 38.3 Å². The van der Waals surface area contributed by atoms with Crippen LogP contribution in [-0.2, 0) is 4.79 Å². The molecule has 1 atom stereocenters. The second kappa shape index (κ2) is 6.23. The van der Waals surface area contributed by atoms with Gasteiger partial charge in [-0.05, 0) is 25.9 Å². The molecule has 0 aromatic carbocycles. The topological polar surface area (TPSA) is 40.5 Å². The average Bonchev–Trinajstić information content (AvgIpc) is 2.13. The van der Waals surface area contributed by atoms with Crippen LogP contribution in [0.2, 0.25) is 0 Å². The molecule has 0 radical (unpaired) electrons. The van der Waals surface area contributed by atoms with Gasteiger partial charge in [0.15, 0.2) is 5.92 Å². The van der Waals surface area contributed by atoms with Crippen molar-refractivity contribution >= 4 is 5.97 Å². The molecule has 0 aliphatic carbocycles. The number of nitrogens with zero attached hydrogens (tertiary/aromatic N) is 1. The molecule has 1 aliphatic rings. The molecule has 1 fully saturated rings. The number of carbonyl (C=O) groups is 1. The van der Waals surface area contributed by atoms with Gasteiger partial charge in [-0.1, -0.05) is 19.3 Å². The van der Waals surface area contributed by atoms with E-state index in [0.717, 1.165) is 32.1 Å². The maximum Gasteiger partial charge on any atom is 0.403 e. The summed E-state index contributed by atoms with van der Waals surface area (Å²) in [7, 11) is 0. The standard InChI is InChI=1S/C11H18F3NO2/c12-11(13,14)9(10(16)17)8-15-6-4-2-1-3-5-7-15/h9H,1-8H2,(H,16,17). The van der Waals surface area contributed by atoms with E-state index in [1.54, 1.807) is 4.90 Å². The number of carboxylic acids is 1. The van der Waals surface area contributed by atoms with Crippen molar-refractivity contribution < 1.29 is 23.1 Å². The number of hydrogen-bond acceptors (Lipinski definition) is 2. The molecule has 1 heterocycles. The van der Waals surface area contributed by atoms with Crippen LogP contribution in [0, 0.1) is 5.92 Å². The van der Waals surface area contributed by atoms with Crippen LogP contribution in [0.3, 0.4) is 0 Å².